The maximum atomic E-state index is 5.31. The highest BCUT2D eigenvalue weighted by atomic mass is 32.2. The van der Waals surface area contributed by atoms with Crippen molar-refractivity contribution < 1.29 is 4.74 Å². The van der Waals surface area contributed by atoms with Gasteiger partial charge >= 0.3 is 0 Å². The number of nitrogens with zero attached hydrogens (tertiary/aromatic N) is 1. The lowest BCUT2D eigenvalue weighted by molar-refractivity contribution is 0.0876. The molecule has 0 aliphatic carbocycles. The van der Waals surface area contributed by atoms with Gasteiger partial charge in [0.05, 0.1) is 17.7 Å². The smallest absolute Gasteiger partial charge is 0.0865 e. The van der Waals surface area contributed by atoms with Gasteiger partial charge in [0, 0.05) is 11.9 Å². The summed E-state index contributed by atoms with van der Waals surface area (Å²) in [6.07, 6.45) is 1.18. The molecule has 2 unspecified atom stereocenters. The van der Waals surface area contributed by atoms with Gasteiger partial charge in [-0.25, -0.2) is 0 Å². The fourth-order valence-corrected chi connectivity index (χ4v) is 2.59. The minimum atomic E-state index is 0.471. The molecule has 2 atom stereocenters. The molecule has 0 aromatic heterocycles. The highest BCUT2D eigenvalue weighted by Crippen LogP contribution is 2.31. The summed E-state index contributed by atoms with van der Waals surface area (Å²) >= 11 is 1.92. The summed E-state index contributed by atoms with van der Waals surface area (Å²) in [4.78, 5) is 4.47. The van der Waals surface area contributed by atoms with Crippen molar-refractivity contribution in [3.05, 3.63) is 0 Å². The Morgan fingerprint density at radius 2 is 2.60 bits per heavy atom. The first-order chi connectivity index (χ1) is 4.86. The number of fused-ring (bicyclic) bond motifs is 1. The van der Waals surface area contributed by atoms with Crippen LogP contribution in [0, 0.1) is 0 Å². The van der Waals surface area contributed by atoms with Crippen molar-refractivity contribution in [2.45, 2.75) is 24.6 Å². The van der Waals surface area contributed by atoms with Crippen molar-refractivity contribution in [1.29, 1.82) is 0 Å². The lowest BCUT2D eigenvalue weighted by Crippen LogP contribution is -2.30. The van der Waals surface area contributed by atoms with Crippen LogP contribution in [0.1, 0.15) is 13.3 Å². The van der Waals surface area contributed by atoms with Gasteiger partial charge in [0.2, 0.25) is 0 Å². The van der Waals surface area contributed by atoms with Crippen molar-refractivity contribution in [3.63, 3.8) is 0 Å². The predicted octanol–water partition coefficient (Wildman–Crippen LogP) is 1.31. The van der Waals surface area contributed by atoms with E-state index >= 15 is 0 Å². The van der Waals surface area contributed by atoms with Crippen molar-refractivity contribution in [2.75, 3.05) is 13.2 Å². The number of hydrogen-bond donors (Lipinski definition) is 0. The molecule has 0 saturated carbocycles. The summed E-state index contributed by atoms with van der Waals surface area (Å²) < 4.78 is 5.31. The summed E-state index contributed by atoms with van der Waals surface area (Å²) in [5, 5.41) is 1.97. The molecule has 2 heterocycles. The van der Waals surface area contributed by atoms with Crippen LogP contribution < -0.4 is 0 Å². The molecule has 0 N–H and O–H groups in total. The first-order valence-electron chi connectivity index (χ1n) is 3.65. The van der Waals surface area contributed by atoms with E-state index < -0.39 is 0 Å². The Morgan fingerprint density at radius 1 is 1.70 bits per heavy atom. The number of ether oxygens (including phenoxy) is 1. The molecule has 2 rings (SSSR count). The van der Waals surface area contributed by atoms with Crippen molar-refractivity contribution in [2.24, 2.45) is 4.99 Å². The number of thioether (sulfide) groups is 1. The van der Waals surface area contributed by atoms with Crippen LogP contribution in [0.4, 0.5) is 0 Å². The van der Waals surface area contributed by atoms with Gasteiger partial charge in [0.25, 0.3) is 0 Å². The fourth-order valence-electron chi connectivity index (χ4n) is 1.44. The normalized spacial score (nSPS) is 39.1. The molecule has 0 bridgehead atoms. The Bertz CT molecular complexity index is 169. The molecule has 0 amide bonds. The number of aliphatic imine (C=N–C) groups is 1. The second-order valence-electron chi connectivity index (χ2n) is 2.74. The average Bonchev–Trinajstić information content (AvgIpc) is 2.27. The highest BCUT2D eigenvalue weighted by molar-refractivity contribution is 8.14. The third-order valence-corrected chi connectivity index (χ3v) is 3.23. The first-order valence-corrected chi connectivity index (χ1v) is 4.53. The van der Waals surface area contributed by atoms with Crippen LogP contribution in [-0.2, 0) is 4.74 Å². The topological polar surface area (TPSA) is 21.6 Å². The molecule has 2 aliphatic heterocycles. The van der Waals surface area contributed by atoms with Crippen molar-refractivity contribution in [3.8, 4) is 0 Å². The molecule has 0 spiro atoms. The second-order valence-corrected chi connectivity index (χ2v) is 4.17. The largest absolute Gasteiger partial charge is 0.379 e. The highest BCUT2D eigenvalue weighted by Gasteiger charge is 2.30. The zero-order chi connectivity index (χ0) is 6.97. The van der Waals surface area contributed by atoms with Crippen LogP contribution in [0.2, 0.25) is 0 Å². The Balaban J connectivity index is 2.06. The maximum absolute atomic E-state index is 5.31. The van der Waals surface area contributed by atoms with Gasteiger partial charge in [-0.15, -0.1) is 11.8 Å². The van der Waals surface area contributed by atoms with Crippen LogP contribution in [0.15, 0.2) is 4.99 Å². The second kappa shape index (κ2) is 2.55. The lowest BCUT2D eigenvalue weighted by Gasteiger charge is -2.22. The van der Waals surface area contributed by atoms with Gasteiger partial charge in [-0.2, -0.15) is 0 Å². The van der Waals surface area contributed by atoms with E-state index in [0.717, 1.165) is 18.5 Å². The predicted molar refractivity (Wildman–Crippen MR) is 43.7 cm³/mol. The zero-order valence-corrected chi connectivity index (χ0v) is 6.86. The summed E-state index contributed by atoms with van der Waals surface area (Å²) in [5.74, 6) is 0. The van der Waals surface area contributed by atoms with E-state index in [1.807, 2.05) is 11.8 Å². The minimum Gasteiger partial charge on any atom is -0.379 e. The first kappa shape index (κ1) is 6.68. The Labute approximate surface area is 65.0 Å². The third kappa shape index (κ3) is 1.08. The lowest BCUT2D eigenvalue weighted by atomic mass is 10.1. The summed E-state index contributed by atoms with van der Waals surface area (Å²) in [6, 6.07) is 0.471. The number of rotatable bonds is 0. The van der Waals surface area contributed by atoms with Crippen molar-refractivity contribution >= 4 is 16.8 Å². The quantitative estimate of drug-likeness (QED) is 0.529. The molecule has 2 nitrogen and oxygen atoms in total. The average molecular weight is 157 g/mol. The van der Waals surface area contributed by atoms with E-state index in [2.05, 4.69) is 11.9 Å². The van der Waals surface area contributed by atoms with Crippen LogP contribution >= 0.6 is 11.8 Å². The van der Waals surface area contributed by atoms with Crippen LogP contribution in [0.25, 0.3) is 0 Å². The molecular formula is C7H11NOS. The van der Waals surface area contributed by atoms with E-state index in [-0.39, 0.29) is 0 Å². The van der Waals surface area contributed by atoms with Gasteiger partial charge < -0.3 is 4.74 Å². The fraction of sp³-hybridized carbons (Fsp3) is 0.857. The number of hydrogen-bond acceptors (Lipinski definition) is 3. The van der Waals surface area contributed by atoms with E-state index in [4.69, 9.17) is 4.74 Å². The van der Waals surface area contributed by atoms with E-state index in [1.54, 1.807) is 0 Å². The third-order valence-electron chi connectivity index (χ3n) is 1.93. The van der Waals surface area contributed by atoms with Gasteiger partial charge in [-0.1, -0.05) is 0 Å². The van der Waals surface area contributed by atoms with Crippen LogP contribution in [0.3, 0.4) is 0 Å². The standard InChI is InChI=1S/C7H11NOS/c1-5-8-6-4-9-3-2-7(6)10-5/h6-7H,2-4H2,1H3. The SMILES string of the molecule is CC1=NC2COCCC2S1. The molecule has 0 aromatic carbocycles. The Hall–Kier alpha value is -0.0200. The molecule has 3 heteroatoms. The zero-order valence-electron chi connectivity index (χ0n) is 6.04. The maximum Gasteiger partial charge on any atom is 0.0865 e. The van der Waals surface area contributed by atoms with Gasteiger partial charge in [-0.05, 0) is 13.3 Å². The van der Waals surface area contributed by atoms with Crippen LogP contribution in [0.5, 0.6) is 0 Å². The van der Waals surface area contributed by atoms with E-state index in [1.165, 1.54) is 11.5 Å². The summed E-state index contributed by atoms with van der Waals surface area (Å²) in [7, 11) is 0. The Morgan fingerprint density at radius 3 is 3.40 bits per heavy atom. The molecule has 0 radical (unpaired) electrons. The monoisotopic (exact) mass is 157 g/mol. The molecule has 1 fully saturated rings. The van der Waals surface area contributed by atoms with E-state index in [9.17, 15) is 0 Å². The molecule has 2 aliphatic rings. The van der Waals surface area contributed by atoms with E-state index in [0.29, 0.717) is 6.04 Å². The van der Waals surface area contributed by atoms with Crippen molar-refractivity contribution in [1.82, 2.24) is 0 Å². The molecule has 0 aromatic rings. The summed E-state index contributed by atoms with van der Waals surface area (Å²) in [6.45, 7) is 3.86. The van der Waals surface area contributed by atoms with Gasteiger partial charge in [0.1, 0.15) is 0 Å². The minimum absolute atomic E-state index is 0.471. The molecule has 56 valence electrons. The molecular weight excluding hydrogens is 146 g/mol. The van der Waals surface area contributed by atoms with Gasteiger partial charge in [0.15, 0.2) is 0 Å². The molecule has 10 heavy (non-hydrogen) atoms. The summed E-state index contributed by atoms with van der Waals surface area (Å²) in [5.41, 5.74) is 0. The van der Waals surface area contributed by atoms with Crippen LogP contribution in [-0.4, -0.2) is 29.5 Å². The van der Waals surface area contributed by atoms with Gasteiger partial charge in [-0.3, -0.25) is 4.99 Å². The Kier molecular flexibility index (Phi) is 1.70. The molecule has 1 saturated heterocycles.